The number of benzene rings is 1. The maximum atomic E-state index is 11.2. The summed E-state index contributed by atoms with van der Waals surface area (Å²) >= 11 is 0. The van der Waals surface area contributed by atoms with Crippen molar-refractivity contribution in [3.05, 3.63) is 35.4 Å². The Bertz CT molecular complexity index is 576. The molecule has 0 heterocycles. The first-order valence-corrected chi connectivity index (χ1v) is 9.07. The van der Waals surface area contributed by atoms with E-state index in [1.807, 2.05) is 0 Å². The van der Waals surface area contributed by atoms with Crippen LogP contribution in [-0.2, 0) is 9.59 Å². The van der Waals surface area contributed by atoms with Gasteiger partial charge in [-0.1, -0.05) is 0 Å². The Morgan fingerprint density at radius 3 is 1.64 bits per heavy atom. The summed E-state index contributed by atoms with van der Waals surface area (Å²) in [4.78, 5) is 43.1. The highest BCUT2D eigenvalue weighted by molar-refractivity contribution is 5.91. The van der Waals surface area contributed by atoms with Crippen LogP contribution in [0.15, 0.2) is 24.3 Å². The van der Waals surface area contributed by atoms with E-state index in [2.05, 4.69) is 5.32 Å². The summed E-state index contributed by atoms with van der Waals surface area (Å²) in [7, 11) is 0. The summed E-state index contributed by atoms with van der Waals surface area (Å²) in [5.74, 6) is -1.87. The molecular weight excluding hydrogens is 366 g/mol. The lowest BCUT2D eigenvalue weighted by atomic mass is 10.1. The predicted octanol–water partition coefficient (Wildman–Crippen LogP) is 1.01. The number of nitrogens with one attached hydrogen (secondary N) is 1. The van der Waals surface area contributed by atoms with Crippen LogP contribution >= 0.6 is 0 Å². The first-order chi connectivity index (χ1) is 13.3. The Morgan fingerprint density at radius 2 is 1.21 bits per heavy atom. The standard InChI is InChI=1S/C11H23N3O2.C8H6O4/c12-7-3-5-10(15)4-1-2-6-11(16)14-9-8-13;9-7(10)5-1-2-6(4-3-5)8(11)12/h1-9,12-13H2,(H,14,16);1-4H,(H,9,10)(H,11,12). The van der Waals surface area contributed by atoms with Crippen molar-refractivity contribution >= 4 is 23.6 Å². The van der Waals surface area contributed by atoms with Gasteiger partial charge in [-0.25, -0.2) is 9.59 Å². The van der Waals surface area contributed by atoms with Crippen LogP contribution in [0.2, 0.25) is 0 Å². The van der Waals surface area contributed by atoms with Crippen LogP contribution in [0.1, 0.15) is 59.2 Å². The molecule has 7 N–H and O–H groups in total. The van der Waals surface area contributed by atoms with Crippen molar-refractivity contribution in [1.29, 1.82) is 0 Å². The number of aromatic carboxylic acids is 2. The number of ketones is 1. The van der Waals surface area contributed by atoms with Gasteiger partial charge in [0.2, 0.25) is 5.91 Å². The number of carboxylic acid groups (broad SMARTS) is 2. The maximum absolute atomic E-state index is 11.2. The highest BCUT2D eigenvalue weighted by Gasteiger charge is 2.05. The highest BCUT2D eigenvalue weighted by atomic mass is 16.4. The summed E-state index contributed by atoms with van der Waals surface area (Å²) in [6.07, 6.45) is 3.89. The fourth-order valence-corrected chi connectivity index (χ4v) is 2.09. The van der Waals surface area contributed by atoms with E-state index >= 15 is 0 Å². The van der Waals surface area contributed by atoms with E-state index < -0.39 is 11.9 Å². The molecule has 0 spiro atoms. The fourth-order valence-electron chi connectivity index (χ4n) is 2.09. The maximum Gasteiger partial charge on any atom is 0.335 e. The average Bonchev–Trinajstić information content (AvgIpc) is 2.68. The molecule has 0 bridgehead atoms. The number of nitrogens with two attached hydrogens (primary N) is 2. The number of carbonyl (C=O) groups excluding carboxylic acids is 2. The molecule has 0 aliphatic carbocycles. The molecule has 0 aromatic heterocycles. The predicted molar refractivity (Wildman–Crippen MR) is 104 cm³/mol. The molecular formula is C19H29N3O6. The summed E-state index contributed by atoms with van der Waals surface area (Å²) in [5, 5.41) is 19.6. The number of Topliss-reactive ketones (excluding diaryl/α,β-unsaturated/α-hetero) is 1. The molecule has 0 saturated carbocycles. The number of carbonyl (C=O) groups is 4. The first kappa shape index (κ1) is 25.2. The largest absolute Gasteiger partial charge is 0.478 e. The number of unbranched alkanes of at least 4 members (excludes halogenated alkanes) is 1. The number of carboxylic acids is 2. The molecule has 1 aromatic rings. The first-order valence-electron chi connectivity index (χ1n) is 9.07. The summed E-state index contributed by atoms with van der Waals surface area (Å²) < 4.78 is 0. The summed E-state index contributed by atoms with van der Waals surface area (Å²) in [5.41, 5.74) is 10.7. The minimum absolute atomic E-state index is 0.0138. The van der Waals surface area contributed by atoms with Crippen LogP contribution in [-0.4, -0.2) is 53.5 Å². The average molecular weight is 395 g/mol. The van der Waals surface area contributed by atoms with Gasteiger partial charge in [0, 0.05) is 32.4 Å². The van der Waals surface area contributed by atoms with Gasteiger partial charge in [-0.2, -0.15) is 0 Å². The highest BCUT2D eigenvalue weighted by Crippen LogP contribution is 2.04. The van der Waals surface area contributed by atoms with E-state index in [1.165, 1.54) is 24.3 Å². The monoisotopic (exact) mass is 395 g/mol. The molecule has 0 unspecified atom stereocenters. The fraction of sp³-hybridized carbons (Fsp3) is 0.474. The third kappa shape index (κ3) is 12.6. The van der Waals surface area contributed by atoms with Crippen molar-refractivity contribution in [2.24, 2.45) is 11.5 Å². The van der Waals surface area contributed by atoms with Gasteiger partial charge in [0.1, 0.15) is 5.78 Å². The van der Waals surface area contributed by atoms with Crippen molar-refractivity contribution in [2.45, 2.75) is 38.5 Å². The lowest BCUT2D eigenvalue weighted by molar-refractivity contribution is -0.122. The second kappa shape index (κ2) is 15.3. The van der Waals surface area contributed by atoms with Gasteiger partial charge in [-0.05, 0) is 50.1 Å². The number of hydrogen-bond acceptors (Lipinski definition) is 6. The minimum atomic E-state index is -1.06. The smallest absolute Gasteiger partial charge is 0.335 e. The molecule has 1 rings (SSSR count). The Kier molecular flexibility index (Phi) is 13.8. The summed E-state index contributed by atoms with van der Waals surface area (Å²) in [6, 6.07) is 5.02. The molecule has 1 aromatic carbocycles. The third-order valence-corrected chi connectivity index (χ3v) is 3.61. The third-order valence-electron chi connectivity index (χ3n) is 3.61. The summed E-state index contributed by atoms with van der Waals surface area (Å²) in [6.45, 7) is 1.55. The van der Waals surface area contributed by atoms with Crippen molar-refractivity contribution < 1.29 is 29.4 Å². The molecule has 9 nitrogen and oxygen atoms in total. The van der Waals surface area contributed by atoms with Gasteiger partial charge < -0.3 is 27.0 Å². The molecule has 0 aliphatic rings. The van der Waals surface area contributed by atoms with E-state index in [9.17, 15) is 19.2 Å². The number of hydrogen-bond donors (Lipinski definition) is 5. The second-order valence-corrected chi connectivity index (χ2v) is 5.96. The zero-order chi connectivity index (χ0) is 21.4. The molecule has 0 saturated heterocycles. The second-order valence-electron chi connectivity index (χ2n) is 5.96. The molecule has 0 atom stereocenters. The van der Waals surface area contributed by atoms with Crippen molar-refractivity contribution in [1.82, 2.24) is 5.32 Å². The van der Waals surface area contributed by atoms with E-state index in [1.54, 1.807) is 0 Å². The molecule has 0 aliphatic heterocycles. The topological polar surface area (TPSA) is 173 Å². The molecule has 28 heavy (non-hydrogen) atoms. The Labute approximate surface area is 164 Å². The van der Waals surface area contributed by atoms with Crippen LogP contribution in [0.5, 0.6) is 0 Å². The van der Waals surface area contributed by atoms with Crippen LogP contribution in [0.4, 0.5) is 0 Å². The van der Waals surface area contributed by atoms with Gasteiger partial charge in [0.15, 0.2) is 0 Å². The van der Waals surface area contributed by atoms with Crippen molar-refractivity contribution in [3.8, 4) is 0 Å². The normalized spacial score (nSPS) is 9.79. The van der Waals surface area contributed by atoms with E-state index in [0.717, 1.165) is 19.3 Å². The molecule has 156 valence electrons. The lowest BCUT2D eigenvalue weighted by Crippen LogP contribution is -2.28. The quantitative estimate of drug-likeness (QED) is 0.326. The zero-order valence-corrected chi connectivity index (χ0v) is 15.9. The van der Waals surface area contributed by atoms with Gasteiger partial charge in [0.25, 0.3) is 0 Å². The van der Waals surface area contributed by atoms with Gasteiger partial charge in [0.05, 0.1) is 11.1 Å². The molecule has 1 amide bonds. The van der Waals surface area contributed by atoms with Gasteiger partial charge >= 0.3 is 11.9 Å². The minimum Gasteiger partial charge on any atom is -0.478 e. The SMILES string of the molecule is NCCCC(=O)CCCCC(=O)NCCN.O=C(O)c1ccc(C(=O)O)cc1. The zero-order valence-electron chi connectivity index (χ0n) is 15.9. The van der Waals surface area contributed by atoms with Gasteiger partial charge in [-0.15, -0.1) is 0 Å². The Hall–Kier alpha value is -2.78. The van der Waals surface area contributed by atoms with Gasteiger partial charge in [-0.3, -0.25) is 9.59 Å². The Morgan fingerprint density at radius 1 is 0.750 bits per heavy atom. The van der Waals surface area contributed by atoms with Crippen LogP contribution in [0, 0.1) is 0 Å². The molecule has 0 radical (unpaired) electrons. The van der Waals surface area contributed by atoms with Crippen LogP contribution < -0.4 is 16.8 Å². The van der Waals surface area contributed by atoms with Crippen LogP contribution in [0.25, 0.3) is 0 Å². The van der Waals surface area contributed by atoms with Crippen molar-refractivity contribution in [2.75, 3.05) is 19.6 Å². The Balaban J connectivity index is 0.000000540. The lowest BCUT2D eigenvalue weighted by Gasteiger charge is -2.03. The van der Waals surface area contributed by atoms with E-state index in [4.69, 9.17) is 21.7 Å². The molecule has 9 heteroatoms. The van der Waals surface area contributed by atoms with Crippen molar-refractivity contribution in [3.63, 3.8) is 0 Å². The van der Waals surface area contributed by atoms with E-state index in [0.29, 0.717) is 38.9 Å². The molecule has 0 fully saturated rings. The van der Waals surface area contributed by atoms with E-state index in [-0.39, 0.29) is 22.8 Å². The number of rotatable bonds is 12. The number of amides is 1. The van der Waals surface area contributed by atoms with Crippen LogP contribution in [0.3, 0.4) is 0 Å².